The van der Waals surface area contributed by atoms with Crippen molar-refractivity contribution in [2.24, 2.45) is 0 Å². The minimum absolute atomic E-state index is 0.300. The molecule has 2 aromatic rings. The zero-order valence-electron chi connectivity index (χ0n) is 10.1. The van der Waals surface area contributed by atoms with Crippen LogP contribution in [0.15, 0.2) is 53.0 Å². The number of rotatable bonds is 3. The SMILES string of the molecule is Cc1cccc(C(C)Nc2ccccc2Br)c1. The summed E-state index contributed by atoms with van der Waals surface area (Å²) in [6.45, 7) is 4.29. The van der Waals surface area contributed by atoms with E-state index in [1.807, 2.05) is 18.2 Å². The highest BCUT2D eigenvalue weighted by atomic mass is 79.9. The van der Waals surface area contributed by atoms with E-state index >= 15 is 0 Å². The molecule has 0 aliphatic heterocycles. The summed E-state index contributed by atoms with van der Waals surface area (Å²) in [6.07, 6.45) is 0. The second-order valence-electron chi connectivity index (χ2n) is 4.26. The molecular formula is C15H16BrN. The Labute approximate surface area is 111 Å². The van der Waals surface area contributed by atoms with Gasteiger partial charge in [0.2, 0.25) is 0 Å². The number of benzene rings is 2. The molecule has 0 spiro atoms. The van der Waals surface area contributed by atoms with Crippen LogP contribution < -0.4 is 5.32 Å². The van der Waals surface area contributed by atoms with Crippen LogP contribution in [0.25, 0.3) is 0 Å². The number of para-hydroxylation sites is 1. The average molecular weight is 290 g/mol. The minimum Gasteiger partial charge on any atom is -0.378 e. The second-order valence-corrected chi connectivity index (χ2v) is 5.11. The maximum Gasteiger partial charge on any atom is 0.0489 e. The second kappa shape index (κ2) is 5.37. The summed E-state index contributed by atoms with van der Waals surface area (Å²) < 4.78 is 1.10. The molecule has 0 saturated heterocycles. The maximum absolute atomic E-state index is 3.55. The Hall–Kier alpha value is -1.28. The van der Waals surface area contributed by atoms with Crippen LogP contribution in [0.1, 0.15) is 24.1 Å². The predicted molar refractivity (Wildman–Crippen MR) is 77.4 cm³/mol. The highest BCUT2D eigenvalue weighted by Gasteiger charge is 2.06. The summed E-state index contributed by atoms with van der Waals surface area (Å²) in [5, 5.41) is 3.51. The molecule has 0 aliphatic carbocycles. The van der Waals surface area contributed by atoms with Gasteiger partial charge in [0.25, 0.3) is 0 Å². The Bertz CT molecular complexity index is 508. The van der Waals surface area contributed by atoms with Crippen LogP contribution in [-0.2, 0) is 0 Å². The summed E-state index contributed by atoms with van der Waals surface area (Å²) in [7, 11) is 0. The standard InChI is InChI=1S/C15H16BrN/c1-11-6-5-7-13(10-11)12(2)17-15-9-4-3-8-14(15)16/h3-10,12,17H,1-2H3. The summed E-state index contributed by atoms with van der Waals surface area (Å²) in [4.78, 5) is 0. The number of halogens is 1. The van der Waals surface area contributed by atoms with Gasteiger partial charge < -0.3 is 5.32 Å². The lowest BCUT2D eigenvalue weighted by Crippen LogP contribution is -2.07. The third-order valence-corrected chi connectivity index (χ3v) is 3.48. The zero-order valence-corrected chi connectivity index (χ0v) is 11.7. The lowest BCUT2D eigenvalue weighted by molar-refractivity contribution is 0.882. The van der Waals surface area contributed by atoms with E-state index in [1.54, 1.807) is 0 Å². The third kappa shape index (κ3) is 3.10. The Kier molecular flexibility index (Phi) is 3.85. The fourth-order valence-electron chi connectivity index (χ4n) is 1.83. The van der Waals surface area contributed by atoms with E-state index < -0.39 is 0 Å². The Morgan fingerprint density at radius 2 is 1.82 bits per heavy atom. The topological polar surface area (TPSA) is 12.0 Å². The van der Waals surface area contributed by atoms with E-state index in [0.717, 1.165) is 10.2 Å². The number of aryl methyl sites for hydroxylation is 1. The molecule has 1 atom stereocenters. The van der Waals surface area contributed by atoms with Crippen LogP contribution in [0.4, 0.5) is 5.69 Å². The van der Waals surface area contributed by atoms with Crippen LogP contribution in [0.2, 0.25) is 0 Å². The number of anilines is 1. The Morgan fingerprint density at radius 1 is 1.06 bits per heavy atom. The fourth-order valence-corrected chi connectivity index (χ4v) is 2.23. The van der Waals surface area contributed by atoms with Gasteiger partial charge in [0, 0.05) is 16.2 Å². The van der Waals surface area contributed by atoms with Gasteiger partial charge >= 0.3 is 0 Å². The van der Waals surface area contributed by atoms with Crippen molar-refractivity contribution in [1.29, 1.82) is 0 Å². The van der Waals surface area contributed by atoms with E-state index in [4.69, 9.17) is 0 Å². The van der Waals surface area contributed by atoms with Gasteiger partial charge in [-0.25, -0.2) is 0 Å². The number of hydrogen-bond acceptors (Lipinski definition) is 1. The molecule has 0 saturated carbocycles. The van der Waals surface area contributed by atoms with Gasteiger partial charge in [-0.15, -0.1) is 0 Å². The molecule has 1 nitrogen and oxygen atoms in total. The first-order valence-corrected chi connectivity index (χ1v) is 6.54. The van der Waals surface area contributed by atoms with E-state index in [2.05, 4.69) is 65.4 Å². The molecule has 17 heavy (non-hydrogen) atoms. The van der Waals surface area contributed by atoms with Crippen molar-refractivity contribution in [3.05, 3.63) is 64.1 Å². The van der Waals surface area contributed by atoms with Crippen LogP contribution in [0, 0.1) is 6.92 Å². The van der Waals surface area contributed by atoms with E-state index in [-0.39, 0.29) is 0 Å². The first-order chi connectivity index (χ1) is 8.16. The highest BCUT2D eigenvalue weighted by Crippen LogP contribution is 2.26. The van der Waals surface area contributed by atoms with Gasteiger partial charge in [0.05, 0.1) is 0 Å². The van der Waals surface area contributed by atoms with Crippen LogP contribution >= 0.6 is 15.9 Å². The smallest absolute Gasteiger partial charge is 0.0489 e. The van der Waals surface area contributed by atoms with Crippen LogP contribution in [0.3, 0.4) is 0 Å². The Morgan fingerprint density at radius 3 is 2.53 bits per heavy atom. The molecule has 2 aromatic carbocycles. The van der Waals surface area contributed by atoms with Crippen LogP contribution in [-0.4, -0.2) is 0 Å². The molecule has 0 amide bonds. The lowest BCUT2D eigenvalue weighted by atomic mass is 10.1. The van der Waals surface area contributed by atoms with E-state index in [0.29, 0.717) is 6.04 Å². The molecule has 1 unspecified atom stereocenters. The molecule has 0 bridgehead atoms. The normalized spacial score (nSPS) is 12.2. The average Bonchev–Trinajstić information content (AvgIpc) is 2.32. The van der Waals surface area contributed by atoms with Crippen molar-refractivity contribution in [3.63, 3.8) is 0 Å². The molecule has 0 aromatic heterocycles. The molecule has 88 valence electrons. The summed E-state index contributed by atoms with van der Waals surface area (Å²) in [6, 6.07) is 17.1. The summed E-state index contributed by atoms with van der Waals surface area (Å²) in [5.41, 5.74) is 3.73. The predicted octanol–water partition coefficient (Wildman–Crippen LogP) is 4.93. The molecule has 0 heterocycles. The first kappa shape index (κ1) is 12.2. The van der Waals surface area contributed by atoms with E-state index in [9.17, 15) is 0 Å². The van der Waals surface area contributed by atoms with Crippen LogP contribution in [0.5, 0.6) is 0 Å². The molecule has 2 heteroatoms. The molecule has 0 aliphatic rings. The molecule has 2 rings (SSSR count). The van der Waals surface area contributed by atoms with E-state index in [1.165, 1.54) is 11.1 Å². The van der Waals surface area contributed by atoms with Crippen molar-refractivity contribution in [3.8, 4) is 0 Å². The molecule has 0 radical (unpaired) electrons. The zero-order chi connectivity index (χ0) is 12.3. The van der Waals surface area contributed by atoms with Crippen molar-refractivity contribution in [1.82, 2.24) is 0 Å². The van der Waals surface area contributed by atoms with Gasteiger partial charge in [-0.2, -0.15) is 0 Å². The van der Waals surface area contributed by atoms with Crippen molar-refractivity contribution in [2.45, 2.75) is 19.9 Å². The summed E-state index contributed by atoms with van der Waals surface area (Å²) in [5.74, 6) is 0. The lowest BCUT2D eigenvalue weighted by Gasteiger charge is -2.17. The first-order valence-electron chi connectivity index (χ1n) is 5.74. The summed E-state index contributed by atoms with van der Waals surface area (Å²) >= 11 is 3.55. The maximum atomic E-state index is 3.55. The highest BCUT2D eigenvalue weighted by molar-refractivity contribution is 9.10. The largest absolute Gasteiger partial charge is 0.378 e. The van der Waals surface area contributed by atoms with Crippen molar-refractivity contribution in [2.75, 3.05) is 5.32 Å². The fraction of sp³-hybridized carbons (Fsp3) is 0.200. The van der Waals surface area contributed by atoms with Crippen molar-refractivity contribution < 1.29 is 0 Å². The monoisotopic (exact) mass is 289 g/mol. The van der Waals surface area contributed by atoms with Gasteiger partial charge in [-0.1, -0.05) is 42.0 Å². The van der Waals surface area contributed by atoms with Gasteiger partial charge in [-0.05, 0) is 47.5 Å². The van der Waals surface area contributed by atoms with Gasteiger partial charge in [0.15, 0.2) is 0 Å². The third-order valence-electron chi connectivity index (χ3n) is 2.79. The quantitative estimate of drug-likeness (QED) is 0.845. The number of hydrogen-bond donors (Lipinski definition) is 1. The van der Waals surface area contributed by atoms with Crippen molar-refractivity contribution >= 4 is 21.6 Å². The Balaban J connectivity index is 2.17. The van der Waals surface area contributed by atoms with Gasteiger partial charge in [-0.3, -0.25) is 0 Å². The molecular weight excluding hydrogens is 274 g/mol. The van der Waals surface area contributed by atoms with Gasteiger partial charge in [0.1, 0.15) is 0 Å². The molecule has 0 fully saturated rings. The minimum atomic E-state index is 0.300. The number of nitrogens with one attached hydrogen (secondary N) is 1. The molecule has 1 N–H and O–H groups in total.